The van der Waals surface area contributed by atoms with Crippen LogP contribution in [0.5, 0.6) is 0 Å². The van der Waals surface area contributed by atoms with Gasteiger partial charge in [-0.3, -0.25) is 4.72 Å². The molecular weight excluding hydrogens is 412 g/mol. The van der Waals surface area contributed by atoms with Gasteiger partial charge in [-0.05, 0) is 60.9 Å². The van der Waals surface area contributed by atoms with E-state index >= 15 is 0 Å². The maximum atomic E-state index is 12.7. The van der Waals surface area contributed by atoms with Crippen LogP contribution in [0.1, 0.15) is 16.7 Å². The summed E-state index contributed by atoms with van der Waals surface area (Å²) < 4.78 is 27.9. The van der Waals surface area contributed by atoms with Crippen LogP contribution in [0.2, 0.25) is 0 Å². The number of nitrogens with one attached hydrogen (secondary N) is 3. The first-order chi connectivity index (χ1) is 14.9. The molecule has 8 heteroatoms. The Bertz CT molecular complexity index is 1220. The van der Waals surface area contributed by atoms with E-state index in [0.717, 1.165) is 11.1 Å². The smallest absolute Gasteiger partial charge is 0.319 e. The third-order valence-corrected chi connectivity index (χ3v) is 6.01. The first-order valence-corrected chi connectivity index (χ1v) is 11.1. The van der Waals surface area contributed by atoms with Gasteiger partial charge in [0.05, 0.1) is 16.1 Å². The number of amides is 2. The standard InChI is InChI=1S/C23H22N4O3S/c1-17-11-12-21(31(29,30)27-20-8-3-2-4-9-20)15-18(17)13-14-25-23(28)26-22-10-6-5-7-19(22)16-24/h2-12,15,27H,13-14H2,1H3,(H2,25,26,28). The number of sulfonamides is 1. The Labute approximate surface area is 181 Å². The number of aryl methyl sites for hydroxylation is 1. The molecule has 2 amide bonds. The van der Waals surface area contributed by atoms with E-state index in [1.807, 2.05) is 19.1 Å². The molecule has 31 heavy (non-hydrogen) atoms. The molecule has 3 aromatic carbocycles. The van der Waals surface area contributed by atoms with Gasteiger partial charge in [0.15, 0.2) is 0 Å². The molecule has 0 atom stereocenters. The second-order valence-electron chi connectivity index (χ2n) is 6.85. The highest BCUT2D eigenvalue weighted by molar-refractivity contribution is 7.92. The molecule has 0 unspecified atom stereocenters. The van der Waals surface area contributed by atoms with Crippen molar-refractivity contribution in [1.29, 1.82) is 5.26 Å². The van der Waals surface area contributed by atoms with E-state index < -0.39 is 16.1 Å². The molecule has 7 nitrogen and oxygen atoms in total. The number of hydrogen-bond acceptors (Lipinski definition) is 4. The minimum atomic E-state index is -3.72. The summed E-state index contributed by atoms with van der Waals surface area (Å²) in [6.07, 6.45) is 0.452. The molecule has 0 spiro atoms. The summed E-state index contributed by atoms with van der Waals surface area (Å²) in [6, 6.07) is 21.9. The molecule has 3 aromatic rings. The number of rotatable bonds is 7. The molecule has 3 N–H and O–H groups in total. The molecule has 0 fully saturated rings. The topological polar surface area (TPSA) is 111 Å². The van der Waals surface area contributed by atoms with Crippen molar-refractivity contribution in [3.8, 4) is 6.07 Å². The summed E-state index contributed by atoms with van der Waals surface area (Å²) in [5.74, 6) is 0. The highest BCUT2D eigenvalue weighted by atomic mass is 32.2. The van der Waals surface area contributed by atoms with Crippen LogP contribution in [0.4, 0.5) is 16.2 Å². The van der Waals surface area contributed by atoms with Gasteiger partial charge in [-0.2, -0.15) is 5.26 Å². The Kier molecular flexibility index (Phi) is 6.90. The molecule has 0 aliphatic rings. The van der Waals surface area contributed by atoms with Crippen LogP contribution in [0.3, 0.4) is 0 Å². The van der Waals surface area contributed by atoms with Crippen LogP contribution in [0.15, 0.2) is 77.7 Å². The minimum Gasteiger partial charge on any atom is -0.338 e. The lowest BCUT2D eigenvalue weighted by Gasteiger charge is -2.12. The predicted octanol–water partition coefficient (Wildman–Crippen LogP) is 4.03. The minimum absolute atomic E-state index is 0.157. The van der Waals surface area contributed by atoms with Crippen molar-refractivity contribution in [2.75, 3.05) is 16.6 Å². The zero-order valence-electron chi connectivity index (χ0n) is 16.9. The molecule has 0 radical (unpaired) electrons. The summed E-state index contributed by atoms with van der Waals surface area (Å²) in [5.41, 5.74) is 3.03. The zero-order valence-corrected chi connectivity index (χ0v) is 17.7. The summed E-state index contributed by atoms with van der Waals surface area (Å²) in [5, 5.41) is 14.5. The number of anilines is 2. The van der Waals surface area contributed by atoms with Crippen LogP contribution in [-0.4, -0.2) is 21.0 Å². The zero-order chi connectivity index (χ0) is 22.3. The summed E-state index contributed by atoms with van der Waals surface area (Å²) in [6.45, 7) is 2.19. The van der Waals surface area contributed by atoms with Gasteiger partial charge in [0.1, 0.15) is 6.07 Å². The monoisotopic (exact) mass is 434 g/mol. The molecule has 0 aliphatic carbocycles. The fourth-order valence-electron chi connectivity index (χ4n) is 2.97. The van der Waals surface area contributed by atoms with E-state index in [-0.39, 0.29) is 4.90 Å². The number of nitriles is 1. The molecule has 158 valence electrons. The van der Waals surface area contributed by atoms with Crippen molar-refractivity contribution in [1.82, 2.24) is 5.32 Å². The lowest BCUT2D eigenvalue weighted by molar-refractivity contribution is 0.252. The molecule has 0 saturated heterocycles. The molecule has 0 heterocycles. The Morgan fingerprint density at radius 2 is 1.71 bits per heavy atom. The van der Waals surface area contributed by atoms with E-state index in [4.69, 9.17) is 5.26 Å². The van der Waals surface area contributed by atoms with Gasteiger partial charge in [-0.1, -0.05) is 36.4 Å². The van der Waals surface area contributed by atoms with Crippen molar-refractivity contribution in [2.45, 2.75) is 18.2 Å². The van der Waals surface area contributed by atoms with E-state index in [2.05, 4.69) is 15.4 Å². The highest BCUT2D eigenvalue weighted by Gasteiger charge is 2.16. The SMILES string of the molecule is Cc1ccc(S(=O)(=O)Nc2ccccc2)cc1CCNC(=O)Nc1ccccc1C#N. The van der Waals surface area contributed by atoms with Gasteiger partial charge in [0, 0.05) is 12.2 Å². The Balaban J connectivity index is 1.63. The lowest BCUT2D eigenvalue weighted by atomic mass is 10.1. The summed E-state index contributed by atoms with van der Waals surface area (Å²) in [7, 11) is -3.72. The molecule has 0 bridgehead atoms. The van der Waals surface area contributed by atoms with E-state index in [1.165, 1.54) is 0 Å². The third-order valence-electron chi connectivity index (χ3n) is 4.63. The fraction of sp³-hybridized carbons (Fsp3) is 0.130. The predicted molar refractivity (Wildman–Crippen MR) is 120 cm³/mol. The van der Waals surface area contributed by atoms with Crippen LogP contribution >= 0.6 is 0 Å². The average Bonchev–Trinajstić information content (AvgIpc) is 2.75. The maximum absolute atomic E-state index is 12.7. The van der Waals surface area contributed by atoms with Gasteiger partial charge in [0.2, 0.25) is 0 Å². The van der Waals surface area contributed by atoms with Crippen LogP contribution in [0.25, 0.3) is 0 Å². The van der Waals surface area contributed by atoms with Crippen LogP contribution in [-0.2, 0) is 16.4 Å². The van der Waals surface area contributed by atoms with Crippen molar-refractivity contribution >= 4 is 27.4 Å². The van der Waals surface area contributed by atoms with E-state index in [1.54, 1.807) is 66.7 Å². The fourth-order valence-corrected chi connectivity index (χ4v) is 4.08. The van der Waals surface area contributed by atoms with E-state index in [0.29, 0.717) is 29.9 Å². The first kappa shape index (κ1) is 21.9. The number of urea groups is 1. The number of hydrogen-bond donors (Lipinski definition) is 3. The molecule has 0 aliphatic heterocycles. The summed E-state index contributed by atoms with van der Waals surface area (Å²) in [4.78, 5) is 12.3. The second kappa shape index (κ2) is 9.78. The lowest BCUT2D eigenvalue weighted by Crippen LogP contribution is -2.30. The van der Waals surface area contributed by atoms with Gasteiger partial charge in [-0.25, -0.2) is 13.2 Å². The van der Waals surface area contributed by atoms with Crippen molar-refractivity contribution in [3.63, 3.8) is 0 Å². The summed E-state index contributed by atoms with van der Waals surface area (Å²) >= 11 is 0. The van der Waals surface area contributed by atoms with E-state index in [9.17, 15) is 13.2 Å². The highest BCUT2D eigenvalue weighted by Crippen LogP contribution is 2.19. The average molecular weight is 435 g/mol. The van der Waals surface area contributed by atoms with Gasteiger partial charge < -0.3 is 10.6 Å². The number of para-hydroxylation sites is 2. The van der Waals surface area contributed by atoms with Crippen LogP contribution in [0, 0.1) is 18.3 Å². The van der Waals surface area contributed by atoms with Gasteiger partial charge >= 0.3 is 6.03 Å². The number of benzene rings is 3. The number of nitrogens with zero attached hydrogens (tertiary/aromatic N) is 1. The van der Waals surface area contributed by atoms with Crippen molar-refractivity contribution < 1.29 is 13.2 Å². The maximum Gasteiger partial charge on any atom is 0.319 e. The molecule has 0 saturated carbocycles. The molecular formula is C23H22N4O3S. The van der Waals surface area contributed by atoms with Gasteiger partial charge in [0.25, 0.3) is 10.0 Å². The Morgan fingerprint density at radius 1 is 1.00 bits per heavy atom. The van der Waals surface area contributed by atoms with Crippen molar-refractivity contribution in [2.24, 2.45) is 0 Å². The molecule has 0 aromatic heterocycles. The number of carbonyl (C=O) groups is 1. The number of carbonyl (C=O) groups excluding carboxylic acids is 1. The Morgan fingerprint density at radius 3 is 2.45 bits per heavy atom. The largest absolute Gasteiger partial charge is 0.338 e. The first-order valence-electron chi connectivity index (χ1n) is 9.60. The van der Waals surface area contributed by atoms with Crippen molar-refractivity contribution in [3.05, 3.63) is 89.5 Å². The quantitative estimate of drug-likeness (QED) is 0.521. The third kappa shape index (κ3) is 5.84. The van der Waals surface area contributed by atoms with Gasteiger partial charge in [-0.15, -0.1) is 0 Å². The Hall–Kier alpha value is -3.83. The normalized spacial score (nSPS) is 10.7. The second-order valence-corrected chi connectivity index (χ2v) is 8.53. The van der Waals surface area contributed by atoms with Crippen LogP contribution < -0.4 is 15.4 Å². The molecule has 3 rings (SSSR count).